The average molecular weight is 345 g/mol. The van der Waals surface area contributed by atoms with E-state index in [0.717, 1.165) is 47.7 Å². The first kappa shape index (κ1) is 14.9. The van der Waals surface area contributed by atoms with Gasteiger partial charge in [-0.1, -0.05) is 40.5 Å². The number of nitrogens with one attached hydrogen (secondary N) is 1. The number of rotatable bonds is 5. The molecule has 2 rings (SSSR count). The van der Waals surface area contributed by atoms with Crippen LogP contribution in [0.5, 0.6) is 0 Å². The largest absolute Gasteiger partial charge is 0.496 e. The van der Waals surface area contributed by atoms with Gasteiger partial charge in [0.05, 0.1) is 12.6 Å². The van der Waals surface area contributed by atoms with E-state index in [0.29, 0.717) is 0 Å². The minimum atomic E-state index is 0.104. The van der Waals surface area contributed by atoms with E-state index in [1.807, 2.05) is 12.1 Å². The quantitative estimate of drug-likeness (QED) is 0.825. The van der Waals surface area contributed by atoms with Crippen LogP contribution >= 0.6 is 27.5 Å². The molecule has 0 spiro atoms. The number of allylic oxidation sites excluding steroid dienone is 1. The van der Waals surface area contributed by atoms with E-state index < -0.39 is 0 Å². The molecule has 19 heavy (non-hydrogen) atoms. The molecule has 0 saturated carbocycles. The summed E-state index contributed by atoms with van der Waals surface area (Å²) in [6, 6.07) is 6.01. The zero-order valence-corrected chi connectivity index (χ0v) is 13.4. The molecular weight excluding hydrogens is 326 g/mol. The Hall–Kier alpha value is -0.510. The summed E-state index contributed by atoms with van der Waals surface area (Å²) in [7, 11) is 0. The van der Waals surface area contributed by atoms with Crippen molar-refractivity contribution in [2.45, 2.75) is 32.2 Å². The summed E-state index contributed by atoms with van der Waals surface area (Å²) in [6.45, 7) is 3.93. The fourth-order valence-electron chi connectivity index (χ4n) is 2.17. The van der Waals surface area contributed by atoms with Crippen molar-refractivity contribution >= 4 is 27.5 Å². The first-order valence-corrected chi connectivity index (χ1v) is 7.90. The SMILES string of the molecule is CCCNC(C1=CCCCO1)c1ccc(Cl)cc1Br. The van der Waals surface area contributed by atoms with Crippen LogP contribution in [0.25, 0.3) is 0 Å². The molecule has 1 N–H and O–H groups in total. The summed E-state index contributed by atoms with van der Waals surface area (Å²) in [5.41, 5.74) is 1.17. The van der Waals surface area contributed by atoms with Crippen molar-refractivity contribution in [1.29, 1.82) is 0 Å². The van der Waals surface area contributed by atoms with Crippen LogP contribution in [0.15, 0.2) is 34.5 Å². The number of ether oxygens (including phenoxy) is 1. The molecule has 1 aliphatic rings. The van der Waals surface area contributed by atoms with Gasteiger partial charge in [-0.25, -0.2) is 0 Å². The topological polar surface area (TPSA) is 21.3 Å². The van der Waals surface area contributed by atoms with Crippen LogP contribution in [-0.2, 0) is 4.74 Å². The third-order valence-electron chi connectivity index (χ3n) is 3.12. The highest BCUT2D eigenvalue weighted by Crippen LogP contribution is 2.32. The minimum Gasteiger partial charge on any atom is -0.496 e. The van der Waals surface area contributed by atoms with Gasteiger partial charge in [-0.2, -0.15) is 0 Å². The third-order valence-corrected chi connectivity index (χ3v) is 4.04. The van der Waals surface area contributed by atoms with Crippen LogP contribution in [0.4, 0.5) is 0 Å². The Kier molecular flexibility index (Phi) is 5.74. The number of hydrogen-bond donors (Lipinski definition) is 1. The monoisotopic (exact) mass is 343 g/mol. The smallest absolute Gasteiger partial charge is 0.113 e. The second kappa shape index (κ2) is 7.32. The van der Waals surface area contributed by atoms with Crippen molar-refractivity contribution in [3.63, 3.8) is 0 Å². The molecule has 0 aliphatic carbocycles. The standard InChI is InChI=1S/C15H19BrClNO/c1-2-8-18-15(14-5-3-4-9-19-14)12-7-6-11(17)10-13(12)16/h5-7,10,15,18H,2-4,8-9H2,1H3. The molecule has 1 aromatic rings. The molecule has 2 nitrogen and oxygen atoms in total. The molecule has 0 aromatic heterocycles. The summed E-state index contributed by atoms with van der Waals surface area (Å²) in [5.74, 6) is 1.03. The van der Waals surface area contributed by atoms with Gasteiger partial charge in [0, 0.05) is 9.50 Å². The predicted octanol–water partition coefficient (Wildman–Crippen LogP) is 4.84. The van der Waals surface area contributed by atoms with Gasteiger partial charge in [-0.3, -0.25) is 0 Å². The van der Waals surface area contributed by atoms with Crippen molar-refractivity contribution in [2.24, 2.45) is 0 Å². The zero-order chi connectivity index (χ0) is 13.7. The van der Waals surface area contributed by atoms with Gasteiger partial charge in [0.2, 0.25) is 0 Å². The van der Waals surface area contributed by atoms with E-state index >= 15 is 0 Å². The predicted molar refractivity (Wildman–Crippen MR) is 83.5 cm³/mol. The van der Waals surface area contributed by atoms with Crippen molar-refractivity contribution in [3.05, 3.63) is 45.1 Å². The van der Waals surface area contributed by atoms with Crippen LogP contribution in [0.2, 0.25) is 5.02 Å². The molecule has 1 aliphatic heterocycles. The highest BCUT2D eigenvalue weighted by Gasteiger charge is 2.21. The van der Waals surface area contributed by atoms with Gasteiger partial charge in [-0.15, -0.1) is 0 Å². The summed E-state index contributed by atoms with van der Waals surface area (Å²) < 4.78 is 6.84. The fourth-order valence-corrected chi connectivity index (χ4v) is 3.08. The first-order valence-electron chi connectivity index (χ1n) is 6.73. The highest BCUT2D eigenvalue weighted by molar-refractivity contribution is 9.10. The second-order valence-electron chi connectivity index (χ2n) is 4.65. The van der Waals surface area contributed by atoms with E-state index in [1.165, 1.54) is 5.56 Å². The first-order chi connectivity index (χ1) is 9.22. The second-order valence-corrected chi connectivity index (χ2v) is 5.94. The van der Waals surface area contributed by atoms with Crippen molar-refractivity contribution in [3.8, 4) is 0 Å². The number of halogens is 2. The molecule has 0 amide bonds. The Bertz CT molecular complexity index is 461. The summed E-state index contributed by atoms with van der Waals surface area (Å²) in [4.78, 5) is 0. The Balaban J connectivity index is 2.27. The summed E-state index contributed by atoms with van der Waals surface area (Å²) in [6.07, 6.45) is 5.48. The van der Waals surface area contributed by atoms with Crippen LogP contribution < -0.4 is 5.32 Å². The molecule has 104 valence electrons. The van der Waals surface area contributed by atoms with E-state index in [9.17, 15) is 0 Å². The van der Waals surface area contributed by atoms with Crippen LogP contribution in [0, 0.1) is 0 Å². The molecule has 1 heterocycles. The maximum atomic E-state index is 6.02. The van der Waals surface area contributed by atoms with Gasteiger partial charge in [-0.05, 0) is 49.6 Å². The summed E-state index contributed by atoms with van der Waals surface area (Å²) in [5, 5.41) is 4.29. The zero-order valence-electron chi connectivity index (χ0n) is 11.1. The normalized spacial score (nSPS) is 16.7. The van der Waals surface area contributed by atoms with Crippen molar-refractivity contribution in [2.75, 3.05) is 13.2 Å². The van der Waals surface area contributed by atoms with Gasteiger partial charge in [0.1, 0.15) is 5.76 Å². The van der Waals surface area contributed by atoms with Gasteiger partial charge in [0.15, 0.2) is 0 Å². The molecule has 1 atom stereocenters. The lowest BCUT2D eigenvalue weighted by atomic mass is 10.0. The molecule has 1 aromatic carbocycles. The fraction of sp³-hybridized carbons (Fsp3) is 0.467. The maximum Gasteiger partial charge on any atom is 0.113 e. The Labute approximate surface area is 128 Å². The lowest BCUT2D eigenvalue weighted by molar-refractivity contribution is 0.167. The molecule has 0 bridgehead atoms. The number of hydrogen-bond acceptors (Lipinski definition) is 2. The third kappa shape index (κ3) is 3.98. The molecular formula is C15H19BrClNO. The maximum absolute atomic E-state index is 6.02. The van der Waals surface area contributed by atoms with Gasteiger partial charge < -0.3 is 10.1 Å². The van der Waals surface area contributed by atoms with Crippen molar-refractivity contribution in [1.82, 2.24) is 5.32 Å². The molecule has 0 radical (unpaired) electrons. The lowest BCUT2D eigenvalue weighted by Gasteiger charge is -2.26. The lowest BCUT2D eigenvalue weighted by Crippen LogP contribution is -2.26. The Morgan fingerprint density at radius 3 is 2.95 bits per heavy atom. The Morgan fingerprint density at radius 2 is 2.32 bits per heavy atom. The van der Waals surface area contributed by atoms with Gasteiger partial charge >= 0.3 is 0 Å². The summed E-state index contributed by atoms with van der Waals surface area (Å²) >= 11 is 9.61. The highest BCUT2D eigenvalue weighted by atomic mass is 79.9. The average Bonchev–Trinajstić information content (AvgIpc) is 2.42. The van der Waals surface area contributed by atoms with E-state index in [4.69, 9.17) is 16.3 Å². The molecule has 0 fully saturated rings. The van der Waals surface area contributed by atoms with Crippen LogP contribution in [0.3, 0.4) is 0 Å². The number of benzene rings is 1. The Morgan fingerprint density at radius 1 is 1.47 bits per heavy atom. The van der Waals surface area contributed by atoms with Crippen molar-refractivity contribution < 1.29 is 4.74 Å². The van der Waals surface area contributed by atoms with E-state index in [-0.39, 0.29) is 6.04 Å². The molecule has 4 heteroatoms. The molecule has 1 unspecified atom stereocenters. The minimum absolute atomic E-state index is 0.104. The molecule has 0 saturated heterocycles. The van der Waals surface area contributed by atoms with Crippen LogP contribution in [0.1, 0.15) is 37.8 Å². The van der Waals surface area contributed by atoms with E-state index in [1.54, 1.807) is 0 Å². The van der Waals surface area contributed by atoms with Gasteiger partial charge in [0.25, 0.3) is 0 Å². The van der Waals surface area contributed by atoms with E-state index in [2.05, 4.69) is 40.3 Å². The van der Waals surface area contributed by atoms with Crippen LogP contribution in [-0.4, -0.2) is 13.2 Å².